The summed E-state index contributed by atoms with van der Waals surface area (Å²) in [5, 5.41) is 10.0. The van der Waals surface area contributed by atoms with E-state index in [4.69, 9.17) is 0 Å². The molecular formula is C18H18O. The molecule has 0 unspecified atom stereocenters. The van der Waals surface area contributed by atoms with Crippen molar-refractivity contribution in [2.24, 2.45) is 0 Å². The van der Waals surface area contributed by atoms with Crippen LogP contribution in [0, 0.1) is 0 Å². The van der Waals surface area contributed by atoms with E-state index in [0.717, 1.165) is 11.1 Å². The third-order valence-corrected chi connectivity index (χ3v) is 3.52. The zero-order valence-electron chi connectivity index (χ0n) is 10.9. The summed E-state index contributed by atoms with van der Waals surface area (Å²) in [6.07, 6.45) is 2.57. The Kier molecular flexibility index (Phi) is 4.35. The van der Waals surface area contributed by atoms with E-state index >= 15 is 0 Å². The lowest BCUT2D eigenvalue weighted by Gasteiger charge is -2.32. The molecule has 2 aromatic rings. The summed E-state index contributed by atoms with van der Waals surface area (Å²) in [4.78, 5) is 0. The van der Waals surface area contributed by atoms with Gasteiger partial charge in [0.1, 0.15) is 0 Å². The van der Waals surface area contributed by atoms with Crippen molar-refractivity contribution in [2.45, 2.75) is 11.8 Å². The van der Waals surface area contributed by atoms with Crippen LogP contribution in [-0.2, 0) is 5.41 Å². The molecule has 0 heterocycles. The number of benzene rings is 2. The second-order valence-electron chi connectivity index (χ2n) is 4.58. The van der Waals surface area contributed by atoms with Crippen LogP contribution < -0.4 is 0 Å². The highest BCUT2D eigenvalue weighted by atomic mass is 16.3. The second kappa shape index (κ2) is 6.19. The van der Waals surface area contributed by atoms with Crippen molar-refractivity contribution in [3.8, 4) is 0 Å². The minimum Gasteiger partial charge on any atom is -0.395 e. The SMILES string of the molecule is C=C=CCC(CO)(c1ccccc1)c1ccccc1. The first-order valence-electron chi connectivity index (χ1n) is 6.40. The lowest BCUT2D eigenvalue weighted by molar-refractivity contribution is 0.220. The average molecular weight is 250 g/mol. The van der Waals surface area contributed by atoms with Crippen LogP contribution in [0.2, 0.25) is 0 Å². The number of hydrogen-bond donors (Lipinski definition) is 1. The van der Waals surface area contributed by atoms with E-state index in [1.807, 2.05) is 42.5 Å². The quantitative estimate of drug-likeness (QED) is 0.802. The molecule has 0 amide bonds. The van der Waals surface area contributed by atoms with Gasteiger partial charge in [-0.05, 0) is 23.6 Å². The Morgan fingerprint density at radius 2 is 1.42 bits per heavy atom. The van der Waals surface area contributed by atoms with Crippen molar-refractivity contribution in [3.05, 3.63) is 90.2 Å². The van der Waals surface area contributed by atoms with Gasteiger partial charge in [-0.2, -0.15) is 0 Å². The largest absolute Gasteiger partial charge is 0.395 e. The van der Waals surface area contributed by atoms with E-state index in [2.05, 4.69) is 36.6 Å². The van der Waals surface area contributed by atoms with Crippen molar-refractivity contribution < 1.29 is 5.11 Å². The standard InChI is InChI=1S/C18H18O/c1-2-3-14-18(15-19,16-10-6-4-7-11-16)17-12-8-5-9-13-17/h3-13,19H,1,14-15H2. The fourth-order valence-electron chi connectivity index (χ4n) is 2.41. The molecule has 2 aromatic carbocycles. The van der Waals surface area contributed by atoms with Gasteiger partial charge in [-0.1, -0.05) is 67.2 Å². The highest BCUT2D eigenvalue weighted by Gasteiger charge is 2.32. The van der Waals surface area contributed by atoms with Crippen molar-refractivity contribution in [1.82, 2.24) is 0 Å². The number of aliphatic hydroxyl groups excluding tert-OH is 1. The molecule has 0 aliphatic rings. The van der Waals surface area contributed by atoms with E-state index in [1.54, 1.807) is 0 Å². The first-order valence-corrected chi connectivity index (χ1v) is 6.40. The fraction of sp³-hybridized carbons (Fsp3) is 0.167. The van der Waals surface area contributed by atoms with Crippen LogP contribution in [0.15, 0.2) is 79.0 Å². The topological polar surface area (TPSA) is 20.2 Å². The molecule has 0 saturated carbocycles. The van der Waals surface area contributed by atoms with E-state index in [9.17, 15) is 5.11 Å². The third kappa shape index (κ3) is 2.68. The predicted octanol–water partition coefficient (Wildman–Crippen LogP) is 3.70. The summed E-state index contributed by atoms with van der Waals surface area (Å²) < 4.78 is 0. The maximum Gasteiger partial charge on any atom is 0.0571 e. The first-order chi connectivity index (χ1) is 9.33. The van der Waals surface area contributed by atoms with Crippen LogP contribution in [0.4, 0.5) is 0 Å². The minimum absolute atomic E-state index is 0.0548. The highest BCUT2D eigenvalue weighted by molar-refractivity contribution is 5.40. The molecule has 0 aliphatic heterocycles. The van der Waals surface area contributed by atoms with E-state index < -0.39 is 5.41 Å². The van der Waals surface area contributed by atoms with Gasteiger partial charge in [-0.3, -0.25) is 0 Å². The van der Waals surface area contributed by atoms with Gasteiger partial charge < -0.3 is 5.11 Å². The molecule has 0 spiro atoms. The van der Waals surface area contributed by atoms with Gasteiger partial charge in [0.2, 0.25) is 0 Å². The van der Waals surface area contributed by atoms with Gasteiger partial charge in [0.05, 0.1) is 6.61 Å². The summed E-state index contributed by atoms with van der Waals surface area (Å²) in [6, 6.07) is 20.2. The molecule has 19 heavy (non-hydrogen) atoms. The number of aliphatic hydroxyl groups is 1. The van der Waals surface area contributed by atoms with Gasteiger partial charge >= 0.3 is 0 Å². The smallest absolute Gasteiger partial charge is 0.0571 e. The van der Waals surface area contributed by atoms with E-state index in [0.29, 0.717) is 6.42 Å². The number of rotatable bonds is 5. The molecular weight excluding hydrogens is 232 g/mol. The third-order valence-electron chi connectivity index (χ3n) is 3.52. The van der Waals surface area contributed by atoms with Gasteiger partial charge in [0.25, 0.3) is 0 Å². The Labute approximate surface area is 114 Å². The van der Waals surface area contributed by atoms with Crippen LogP contribution in [0.25, 0.3) is 0 Å². The number of allylic oxidation sites excluding steroid dienone is 1. The molecule has 0 bridgehead atoms. The van der Waals surface area contributed by atoms with Crippen molar-refractivity contribution in [2.75, 3.05) is 6.61 Å². The van der Waals surface area contributed by atoms with Gasteiger partial charge in [0, 0.05) is 5.41 Å². The predicted molar refractivity (Wildman–Crippen MR) is 79.1 cm³/mol. The zero-order valence-corrected chi connectivity index (χ0v) is 10.9. The van der Waals surface area contributed by atoms with E-state index in [1.165, 1.54) is 0 Å². The Balaban J connectivity index is 2.58. The van der Waals surface area contributed by atoms with Gasteiger partial charge in [-0.25, -0.2) is 0 Å². The molecule has 1 N–H and O–H groups in total. The zero-order chi connectivity index (χ0) is 13.6. The van der Waals surface area contributed by atoms with Crippen LogP contribution in [0.1, 0.15) is 17.5 Å². The molecule has 0 aliphatic carbocycles. The van der Waals surface area contributed by atoms with Crippen LogP contribution in [-0.4, -0.2) is 11.7 Å². The highest BCUT2D eigenvalue weighted by Crippen LogP contribution is 2.35. The lowest BCUT2D eigenvalue weighted by atomic mass is 9.72. The van der Waals surface area contributed by atoms with Crippen molar-refractivity contribution in [1.29, 1.82) is 0 Å². The summed E-state index contributed by atoms with van der Waals surface area (Å²) in [5.74, 6) is 0. The molecule has 0 atom stereocenters. The molecule has 1 nitrogen and oxygen atoms in total. The maximum atomic E-state index is 10.0. The Bertz CT molecular complexity index is 511. The molecule has 0 saturated heterocycles. The molecule has 0 aromatic heterocycles. The Morgan fingerprint density at radius 3 is 1.79 bits per heavy atom. The van der Waals surface area contributed by atoms with Crippen molar-refractivity contribution >= 4 is 0 Å². The molecule has 96 valence electrons. The molecule has 0 fully saturated rings. The normalized spacial score (nSPS) is 10.8. The van der Waals surface area contributed by atoms with Crippen LogP contribution >= 0.6 is 0 Å². The molecule has 1 heteroatoms. The number of hydrogen-bond acceptors (Lipinski definition) is 1. The first kappa shape index (κ1) is 13.4. The lowest BCUT2D eigenvalue weighted by Crippen LogP contribution is -2.31. The molecule has 0 radical (unpaired) electrons. The van der Waals surface area contributed by atoms with Crippen molar-refractivity contribution in [3.63, 3.8) is 0 Å². The summed E-state index contributed by atoms with van der Waals surface area (Å²) in [7, 11) is 0. The fourth-order valence-corrected chi connectivity index (χ4v) is 2.41. The van der Waals surface area contributed by atoms with E-state index in [-0.39, 0.29) is 6.61 Å². The second-order valence-corrected chi connectivity index (χ2v) is 4.58. The summed E-state index contributed by atoms with van der Waals surface area (Å²) in [6.45, 7) is 3.68. The minimum atomic E-state index is -0.423. The van der Waals surface area contributed by atoms with Gasteiger partial charge in [-0.15, -0.1) is 5.73 Å². The van der Waals surface area contributed by atoms with Gasteiger partial charge in [0.15, 0.2) is 0 Å². The maximum absolute atomic E-state index is 10.0. The Morgan fingerprint density at radius 1 is 0.947 bits per heavy atom. The van der Waals surface area contributed by atoms with Crippen LogP contribution in [0.3, 0.4) is 0 Å². The average Bonchev–Trinajstić information content (AvgIpc) is 2.51. The summed E-state index contributed by atoms with van der Waals surface area (Å²) in [5.41, 5.74) is 4.60. The molecule has 2 rings (SSSR count). The van der Waals surface area contributed by atoms with Crippen LogP contribution in [0.5, 0.6) is 0 Å². The summed E-state index contributed by atoms with van der Waals surface area (Å²) >= 11 is 0. The monoisotopic (exact) mass is 250 g/mol. The Hall–Kier alpha value is -2.08.